The van der Waals surface area contributed by atoms with Gasteiger partial charge in [0.05, 0.1) is 11.5 Å². The van der Waals surface area contributed by atoms with Gasteiger partial charge >= 0.3 is 0 Å². The van der Waals surface area contributed by atoms with Gasteiger partial charge in [0.25, 0.3) is 5.69 Å². The van der Waals surface area contributed by atoms with Crippen LogP contribution in [0.4, 0.5) is 5.69 Å². The number of non-ortho nitro benzene ring substituents is 1. The van der Waals surface area contributed by atoms with Crippen LogP contribution in [-0.4, -0.2) is 23.4 Å². The van der Waals surface area contributed by atoms with Crippen LogP contribution in [0.1, 0.15) is 35.3 Å². The smallest absolute Gasteiger partial charge is 0.269 e. The zero-order chi connectivity index (χ0) is 18.7. The molecule has 0 saturated carbocycles. The van der Waals surface area contributed by atoms with Gasteiger partial charge in [-0.1, -0.05) is 0 Å². The van der Waals surface area contributed by atoms with Crippen LogP contribution >= 0.6 is 0 Å². The van der Waals surface area contributed by atoms with Crippen molar-refractivity contribution < 1.29 is 19.2 Å². The van der Waals surface area contributed by atoms with Gasteiger partial charge < -0.3 is 9.47 Å². The highest BCUT2D eigenvalue weighted by Gasteiger charge is 2.21. The summed E-state index contributed by atoms with van der Waals surface area (Å²) < 4.78 is 11.5. The topological polar surface area (TPSA) is 78.7 Å². The number of ketones is 1. The summed E-state index contributed by atoms with van der Waals surface area (Å²) in [5, 5.41) is 10.7. The van der Waals surface area contributed by atoms with Crippen molar-refractivity contribution >= 4 is 17.5 Å². The average Bonchev–Trinajstić information content (AvgIpc) is 2.98. The highest BCUT2D eigenvalue weighted by molar-refractivity contribution is 6.07. The van der Waals surface area contributed by atoms with E-state index in [4.69, 9.17) is 9.47 Å². The predicted octanol–water partition coefficient (Wildman–Crippen LogP) is 4.21. The molecule has 3 rings (SSSR count). The second-order valence-electron chi connectivity index (χ2n) is 6.06. The van der Waals surface area contributed by atoms with E-state index in [-0.39, 0.29) is 17.6 Å². The predicted molar refractivity (Wildman–Crippen MR) is 97.9 cm³/mol. The maximum atomic E-state index is 12.3. The lowest BCUT2D eigenvalue weighted by atomic mass is 10.0. The Hall–Kier alpha value is -3.15. The molecule has 0 bridgehead atoms. The van der Waals surface area contributed by atoms with Crippen LogP contribution in [0.3, 0.4) is 0 Å². The fourth-order valence-electron chi connectivity index (χ4n) is 2.87. The lowest BCUT2D eigenvalue weighted by molar-refractivity contribution is -0.384. The Balaban J connectivity index is 1.84. The molecule has 0 fully saturated rings. The number of benzene rings is 2. The maximum Gasteiger partial charge on any atom is 0.269 e. The second kappa shape index (κ2) is 7.39. The average molecular weight is 353 g/mol. The van der Waals surface area contributed by atoms with Crippen LogP contribution in [0.15, 0.2) is 42.5 Å². The number of fused-ring (bicyclic) bond motifs is 1. The highest BCUT2D eigenvalue weighted by Crippen LogP contribution is 2.35. The number of rotatable bonds is 6. The van der Waals surface area contributed by atoms with Crippen molar-refractivity contribution in [3.05, 3.63) is 69.3 Å². The number of nitrogens with zero attached hydrogens (tertiary/aromatic N) is 1. The van der Waals surface area contributed by atoms with E-state index in [2.05, 4.69) is 0 Å². The van der Waals surface area contributed by atoms with Gasteiger partial charge in [-0.05, 0) is 50.3 Å². The van der Waals surface area contributed by atoms with Gasteiger partial charge in [0.2, 0.25) is 0 Å². The largest absolute Gasteiger partial charge is 0.493 e. The molecule has 134 valence electrons. The molecule has 1 atom stereocenters. The Bertz CT molecular complexity index is 871. The lowest BCUT2D eigenvalue weighted by Gasteiger charge is -2.10. The molecule has 1 unspecified atom stereocenters. The van der Waals surface area contributed by atoms with E-state index in [0.717, 1.165) is 23.3 Å². The fraction of sp³-hybridized carbons (Fsp3) is 0.250. The summed E-state index contributed by atoms with van der Waals surface area (Å²) in [4.78, 5) is 22.5. The SMILES string of the molecule is CCOc1cc2c(cc1/C=C/C(=O)c1ccc([N+](=O)[O-])cc1)OC(C)C2. The summed E-state index contributed by atoms with van der Waals surface area (Å²) in [5.41, 5.74) is 2.19. The summed E-state index contributed by atoms with van der Waals surface area (Å²) in [5.74, 6) is 1.28. The first-order valence-corrected chi connectivity index (χ1v) is 8.41. The van der Waals surface area contributed by atoms with Crippen LogP contribution in [0.5, 0.6) is 11.5 Å². The van der Waals surface area contributed by atoms with Gasteiger partial charge in [0, 0.05) is 35.2 Å². The summed E-state index contributed by atoms with van der Waals surface area (Å²) in [6.45, 7) is 4.43. The minimum absolute atomic E-state index is 0.0472. The number of hydrogen-bond acceptors (Lipinski definition) is 5. The van der Waals surface area contributed by atoms with Gasteiger partial charge in [-0.2, -0.15) is 0 Å². The van der Waals surface area contributed by atoms with E-state index in [1.807, 2.05) is 26.0 Å². The number of allylic oxidation sites excluding steroid dienone is 1. The number of nitro groups is 1. The second-order valence-corrected chi connectivity index (χ2v) is 6.06. The summed E-state index contributed by atoms with van der Waals surface area (Å²) in [7, 11) is 0. The molecule has 26 heavy (non-hydrogen) atoms. The molecule has 0 aromatic heterocycles. The first-order chi connectivity index (χ1) is 12.5. The van der Waals surface area contributed by atoms with E-state index in [9.17, 15) is 14.9 Å². The third-order valence-corrected chi connectivity index (χ3v) is 4.11. The Morgan fingerprint density at radius 2 is 2.08 bits per heavy atom. The molecule has 6 heteroatoms. The van der Waals surface area contributed by atoms with Crippen LogP contribution in [0.2, 0.25) is 0 Å². The molecule has 0 radical (unpaired) electrons. The Kier molecular flexibility index (Phi) is 5.02. The zero-order valence-electron chi connectivity index (χ0n) is 14.6. The number of hydrogen-bond donors (Lipinski definition) is 0. The number of carbonyl (C=O) groups excluding carboxylic acids is 1. The molecule has 0 aliphatic carbocycles. The van der Waals surface area contributed by atoms with Crippen LogP contribution < -0.4 is 9.47 Å². The van der Waals surface area contributed by atoms with Gasteiger partial charge in [0.15, 0.2) is 5.78 Å². The van der Waals surface area contributed by atoms with Crippen molar-refractivity contribution in [3.63, 3.8) is 0 Å². The minimum atomic E-state index is -0.496. The molecule has 1 aliphatic heterocycles. The van der Waals surface area contributed by atoms with Crippen LogP contribution in [0, 0.1) is 10.1 Å². The van der Waals surface area contributed by atoms with E-state index in [1.54, 1.807) is 6.08 Å². The van der Waals surface area contributed by atoms with Gasteiger partial charge in [-0.25, -0.2) is 0 Å². The fourth-order valence-corrected chi connectivity index (χ4v) is 2.87. The summed E-state index contributed by atoms with van der Waals surface area (Å²) in [6.07, 6.45) is 4.08. The van der Waals surface area contributed by atoms with Crippen molar-refractivity contribution in [2.45, 2.75) is 26.4 Å². The van der Waals surface area contributed by atoms with E-state index in [1.165, 1.54) is 30.3 Å². The van der Waals surface area contributed by atoms with Gasteiger partial charge in [-0.15, -0.1) is 0 Å². The van der Waals surface area contributed by atoms with Crippen molar-refractivity contribution in [2.24, 2.45) is 0 Å². The van der Waals surface area contributed by atoms with E-state index < -0.39 is 4.92 Å². The number of ether oxygens (including phenoxy) is 2. The third-order valence-electron chi connectivity index (χ3n) is 4.11. The van der Waals surface area contributed by atoms with Crippen molar-refractivity contribution in [2.75, 3.05) is 6.61 Å². The monoisotopic (exact) mass is 353 g/mol. The lowest BCUT2D eigenvalue weighted by Crippen LogP contribution is -2.05. The molecular weight excluding hydrogens is 334 g/mol. The van der Waals surface area contributed by atoms with Crippen LogP contribution in [0.25, 0.3) is 6.08 Å². The molecule has 1 aliphatic rings. The molecule has 2 aromatic carbocycles. The third kappa shape index (κ3) is 3.74. The van der Waals surface area contributed by atoms with Gasteiger partial charge in [-0.3, -0.25) is 14.9 Å². The molecule has 0 spiro atoms. The number of nitro benzene ring substituents is 1. The van der Waals surface area contributed by atoms with Crippen molar-refractivity contribution in [1.29, 1.82) is 0 Å². The number of carbonyl (C=O) groups is 1. The molecule has 0 N–H and O–H groups in total. The highest BCUT2D eigenvalue weighted by atomic mass is 16.6. The minimum Gasteiger partial charge on any atom is -0.493 e. The van der Waals surface area contributed by atoms with Crippen molar-refractivity contribution in [1.82, 2.24) is 0 Å². The maximum absolute atomic E-state index is 12.3. The van der Waals surface area contributed by atoms with Crippen LogP contribution in [-0.2, 0) is 6.42 Å². The first kappa shape index (κ1) is 17.7. The first-order valence-electron chi connectivity index (χ1n) is 8.41. The quantitative estimate of drug-likeness (QED) is 0.336. The molecule has 0 saturated heterocycles. The molecule has 0 amide bonds. The van der Waals surface area contributed by atoms with Crippen molar-refractivity contribution in [3.8, 4) is 11.5 Å². The molecule has 1 heterocycles. The van der Waals surface area contributed by atoms with E-state index in [0.29, 0.717) is 17.9 Å². The zero-order valence-corrected chi connectivity index (χ0v) is 14.6. The summed E-state index contributed by atoms with van der Waals surface area (Å²) in [6, 6.07) is 9.36. The Morgan fingerprint density at radius 1 is 1.35 bits per heavy atom. The molecule has 6 nitrogen and oxygen atoms in total. The Morgan fingerprint density at radius 3 is 2.73 bits per heavy atom. The normalized spacial score (nSPS) is 15.5. The van der Waals surface area contributed by atoms with E-state index >= 15 is 0 Å². The molecular formula is C20H19NO5. The summed E-state index contributed by atoms with van der Waals surface area (Å²) >= 11 is 0. The van der Waals surface area contributed by atoms with Gasteiger partial charge in [0.1, 0.15) is 17.6 Å². The Labute approximate surface area is 151 Å². The standard InChI is InChI=1S/C20H19NO5/c1-3-25-19-12-16-10-13(2)26-20(16)11-15(19)6-9-18(22)14-4-7-17(8-5-14)21(23)24/h4-9,11-13H,3,10H2,1-2H3/b9-6+. The molecule has 2 aromatic rings.